The largest absolute Gasteiger partial charge is 0.494 e. The van der Waals surface area contributed by atoms with Gasteiger partial charge in [0.15, 0.2) is 0 Å². The van der Waals surface area contributed by atoms with Gasteiger partial charge in [-0.2, -0.15) is 0 Å². The van der Waals surface area contributed by atoms with Gasteiger partial charge in [-0.25, -0.2) is 4.98 Å². The quantitative estimate of drug-likeness (QED) is 0.933. The Bertz CT molecular complexity index is 609. The molecule has 1 heterocycles. The lowest BCUT2D eigenvalue weighted by Gasteiger charge is -2.17. The molecule has 0 radical (unpaired) electrons. The van der Waals surface area contributed by atoms with E-state index in [1.54, 1.807) is 0 Å². The number of anilines is 1. The molecule has 0 spiro atoms. The van der Waals surface area contributed by atoms with Crippen LogP contribution in [0.3, 0.4) is 0 Å². The number of nitrogens with zero attached hydrogens (tertiary/aromatic N) is 2. The molecule has 2 aromatic rings. The fourth-order valence-electron chi connectivity index (χ4n) is 2.29. The Morgan fingerprint density at radius 3 is 2.55 bits per heavy atom. The summed E-state index contributed by atoms with van der Waals surface area (Å²) in [7, 11) is 1.96. The zero-order valence-corrected chi connectivity index (χ0v) is 12.9. The first-order valence-electron chi connectivity index (χ1n) is 6.90. The van der Waals surface area contributed by atoms with Gasteiger partial charge in [-0.3, -0.25) is 0 Å². The molecule has 0 amide bonds. The van der Waals surface area contributed by atoms with Gasteiger partial charge in [0.2, 0.25) is 0 Å². The third-order valence-corrected chi connectivity index (χ3v) is 3.23. The number of rotatable bonds is 3. The van der Waals surface area contributed by atoms with Crippen LogP contribution in [0.1, 0.15) is 33.5 Å². The molecule has 2 N–H and O–H groups in total. The van der Waals surface area contributed by atoms with Gasteiger partial charge in [-0.05, 0) is 19.1 Å². The van der Waals surface area contributed by atoms with Gasteiger partial charge >= 0.3 is 0 Å². The van der Waals surface area contributed by atoms with Crippen LogP contribution in [-0.2, 0) is 12.5 Å². The zero-order valence-electron chi connectivity index (χ0n) is 12.9. The van der Waals surface area contributed by atoms with Crippen LogP contribution in [-0.4, -0.2) is 16.2 Å². The number of aromatic nitrogens is 2. The Kier molecular flexibility index (Phi) is 3.75. The Morgan fingerprint density at radius 2 is 2.00 bits per heavy atom. The second-order valence-corrected chi connectivity index (χ2v) is 5.94. The minimum Gasteiger partial charge on any atom is -0.494 e. The molecule has 0 saturated carbocycles. The topological polar surface area (TPSA) is 53.1 Å². The number of nitrogens with two attached hydrogens (primary N) is 1. The summed E-state index contributed by atoms with van der Waals surface area (Å²) in [6, 6.07) is 7.89. The highest BCUT2D eigenvalue weighted by Gasteiger charge is 2.23. The first-order valence-corrected chi connectivity index (χ1v) is 6.90. The van der Waals surface area contributed by atoms with Crippen molar-refractivity contribution in [1.82, 2.24) is 9.55 Å². The Balaban J connectivity index is 2.51. The summed E-state index contributed by atoms with van der Waals surface area (Å²) in [4.78, 5) is 4.73. The number of benzene rings is 1. The summed E-state index contributed by atoms with van der Waals surface area (Å²) >= 11 is 0. The second-order valence-electron chi connectivity index (χ2n) is 5.94. The minimum atomic E-state index is -0.0430. The maximum atomic E-state index is 6.22. The number of hydrogen-bond donors (Lipinski definition) is 1. The number of ether oxygens (including phenoxy) is 1. The first kappa shape index (κ1) is 14.4. The Morgan fingerprint density at radius 1 is 1.30 bits per heavy atom. The molecule has 4 heteroatoms. The Labute approximate surface area is 120 Å². The lowest BCUT2D eigenvalue weighted by molar-refractivity contribution is 0.340. The van der Waals surface area contributed by atoms with Crippen molar-refractivity contribution >= 4 is 5.82 Å². The molecule has 20 heavy (non-hydrogen) atoms. The van der Waals surface area contributed by atoms with E-state index in [9.17, 15) is 0 Å². The molecule has 4 nitrogen and oxygen atoms in total. The van der Waals surface area contributed by atoms with Crippen LogP contribution >= 0.6 is 0 Å². The molecule has 0 unspecified atom stereocenters. The van der Waals surface area contributed by atoms with Gasteiger partial charge in [-0.1, -0.05) is 32.9 Å². The van der Waals surface area contributed by atoms with Crippen molar-refractivity contribution in [2.75, 3.05) is 12.3 Å². The molecule has 0 atom stereocenters. The third kappa shape index (κ3) is 2.64. The summed E-state index contributed by atoms with van der Waals surface area (Å²) in [6.07, 6.45) is 0. The Hall–Kier alpha value is -1.97. The van der Waals surface area contributed by atoms with Crippen molar-refractivity contribution in [2.24, 2.45) is 7.05 Å². The smallest absolute Gasteiger partial charge is 0.131 e. The monoisotopic (exact) mass is 273 g/mol. The minimum absolute atomic E-state index is 0.0430. The van der Waals surface area contributed by atoms with Crippen LogP contribution in [0.2, 0.25) is 0 Å². The molecule has 0 aliphatic rings. The van der Waals surface area contributed by atoms with Crippen molar-refractivity contribution < 1.29 is 4.74 Å². The number of imidazole rings is 1. The van der Waals surface area contributed by atoms with E-state index in [1.807, 2.05) is 42.8 Å². The molecular formula is C16H23N3O. The van der Waals surface area contributed by atoms with Crippen molar-refractivity contribution in [3.8, 4) is 17.0 Å². The van der Waals surface area contributed by atoms with Crippen molar-refractivity contribution in [3.63, 3.8) is 0 Å². The van der Waals surface area contributed by atoms with Gasteiger partial charge < -0.3 is 15.0 Å². The molecule has 0 saturated heterocycles. The van der Waals surface area contributed by atoms with Gasteiger partial charge in [0, 0.05) is 18.0 Å². The van der Waals surface area contributed by atoms with E-state index in [-0.39, 0.29) is 5.41 Å². The van der Waals surface area contributed by atoms with E-state index >= 15 is 0 Å². The average Bonchev–Trinajstić information content (AvgIpc) is 2.67. The van der Waals surface area contributed by atoms with Crippen LogP contribution in [0, 0.1) is 0 Å². The van der Waals surface area contributed by atoms with Gasteiger partial charge in [0.05, 0.1) is 6.61 Å². The molecule has 0 aliphatic heterocycles. The summed E-state index contributed by atoms with van der Waals surface area (Å²) in [5.41, 5.74) is 7.98. The lowest BCUT2D eigenvalue weighted by atomic mass is 9.96. The maximum absolute atomic E-state index is 6.22. The van der Waals surface area contributed by atoms with E-state index in [1.165, 1.54) is 0 Å². The van der Waals surface area contributed by atoms with Crippen LogP contribution in [0.25, 0.3) is 11.3 Å². The fourth-order valence-corrected chi connectivity index (χ4v) is 2.29. The normalized spacial score (nSPS) is 11.7. The van der Waals surface area contributed by atoms with Crippen LogP contribution in [0.5, 0.6) is 5.75 Å². The van der Waals surface area contributed by atoms with E-state index < -0.39 is 0 Å². The van der Waals surface area contributed by atoms with Crippen molar-refractivity contribution in [1.29, 1.82) is 0 Å². The predicted octanol–water partition coefficient (Wildman–Crippen LogP) is 3.37. The molecular weight excluding hydrogens is 250 g/mol. The van der Waals surface area contributed by atoms with Crippen molar-refractivity contribution in [3.05, 3.63) is 30.1 Å². The lowest BCUT2D eigenvalue weighted by Crippen LogP contribution is -2.17. The van der Waals surface area contributed by atoms with Gasteiger partial charge in [0.25, 0.3) is 0 Å². The number of nitrogen functional groups attached to an aromatic ring is 1. The molecule has 0 aliphatic carbocycles. The second kappa shape index (κ2) is 5.19. The first-order chi connectivity index (χ1) is 9.34. The molecule has 2 rings (SSSR count). The van der Waals surface area contributed by atoms with Crippen LogP contribution in [0.4, 0.5) is 5.82 Å². The van der Waals surface area contributed by atoms with E-state index in [2.05, 4.69) is 20.8 Å². The van der Waals surface area contributed by atoms with Crippen LogP contribution in [0.15, 0.2) is 24.3 Å². The average molecular weight is 273 g/mol. The van der Waals surface area contributed by atoms with Gasteiger partial charge in [-0.15, -0.1) is 0 Å². The predicted molar refractivity (Wildman–Crippen MR) is 82.9 cm³/mol. The molecule has 0 bridgehead atoms. The zero-order chi connectivity index (χ0) is 14.9. The summed E-state index contributed by atoms with van der Waals surface area (Å²) in [5, 5.41) is 0. The highest BCUT2D eigenvalue weighted by Crippen LogP contribution is 2.32. The SMILES string of the molecule is CCOc1cccc(-c2nc(C(C)(C)C)n(C)c2N)c1. The van der Waals surface area contributed by atoms with E-state index in [0.717, 1.165) is 22.8 Å². The summed E-state index contributed by atoms with van der Waals surface area (Å²) in [5.74, 6) is 2.50. The molecule has 1 aromatic heterocycles. The highest BCUT2D eigenvalue weighted by atomic mass is 16.5. The highest BCUT2D eigenvalue weighted by molar-refractivity contribution is 5.72. The fraction of sp³-hybridized carbons (Fsp3) is 0.438. The summed E-state index contributed by atoms with van der Waals surface area (Å²) < 4.78 is 7.50. The molecule has 108 valence electrons. The molecule has 1 aromatic carbocycles. The summed E-state index contributed by atoms with van der Waals surface area (Å²) in [6.45, 7) is 9.02. The van der Waals surface area contributed by atoms with Crippen LogP contribution < -0.4 is 10.5 Å². The van der Waals surface area contributed by atoms with Crippen molar-refractivity contribution in [2.45, 2.75) is 33.1 Å². The van der Waals surface area contributed by atoms with Gasteiger partial charge in [0.1, 0.15) is 23.1 Å². The molecule has 0 fully saturated rings. The maximum Gasteiger partial charge on any atom is 0.131 e. The third-order valence-electron chi connectivity index (χ3n) is 3.23. The van der Waals surface area contributed by atoms with E-state index in [0.29, 0.717) is 12.4 Å². The number of hydrogen-bond acceptors (Lipinski definition) is 3. The standard InChI is InChI=1S/C16H23N3O/c1-6-20-12-9-7-8-11(10-12)13-14(17)19(5)15(18-13)16(2,3)4/h7-10H,6,17H2,1-5H3. The van der Waals surface area contributed by atoms with E-state index in [4.69, 9.17) is 15.5 Å².